The zero-order chi connectivity index (χ0) is 12.1. The number of aromatic nitrogens is 1. The molecule has 2 rings (SSSR count). The number of benzene rings is 1. The highest BCUT2D eigenvalue weighted by atomic mass is 79.9. The van der Waals surface area contributed by atoms with E-state index in [-0.39, 0.29) is 0 Å². The molecular weight excluding hydrogens is 276 g/mol. The van der Waals surface area contributed by atoms with Gasteiger partial charge in [0.1, 0.15) is 0 Å². The van der Waals surface area contributed by atoms with E-state index in [0.717, 1.165) is 10.9 Å². The Morgan fingerprint density at radius 1 is 1.24 bits per heavy atom. The molecule has 0 fully saturated rings. The number of halogens is 1. The van der Waals surface area contributed by atoms with Crippen molar-refractivity contribution in [3.63, 3.8) is 0 Å². The van der Waals surface area contributed by atoms with Crippen molar-refractivity contribution in [1.82, 2.24) is 10.3 Å². The number of rotatable bonds is 4. The van der Waals surface area contributed by atoms with Gasteiger partial charge in [-0.3, -0.25) is 4.98 Å². The maximum Gasteiger partial charge on any atom is 0.0359 e. The predicted octanol–water partition coefficient (Wildman–Crippen LogP) is 3.35. The van der Waals surface area contributed by atoms with E-state index in [2.05, 4.69) is 56.6 Å². The van der Waals surface area contributed by atoms with Crippen LogP contribution >= 0.6 is 15.9 Å². The number of nitrogens with zero attached hydrogens (tertiary/aromatic N) is 1. The molecule has 1 heterocycles. The van der Waals surface area contributed by atoms with Gasteiger partial charge in [-0.05, 0) is 48.9 Å². The fourth-order valence-corrected chi connectivity index (χ4v) is 2.33. The molecule has 1 unspecified atom stereocenters. The van der Waals surface area contributed by atoms with E-state index in [1.807, 2.05) is 25.5 Å². The molecular formula is C14H15BrN2. The molecule has 0 amide bonds. The molecule has 17 heavy (non-hydrogen) atoms. The summed E-state index contributed by atoms with van der Waals surface area (Å²) >= 11 is 3.50. The van der Waals surface area contributed by atoms with Gasteiger partial charge in [0.05, 0.1) is 0 Å². The quantitative estimate of drug-likeness (QED) is 0.934. The molecule has 1 aromatic carbocycles. The molecule has 2 aromatic rings. The van der Waals surface area contributed by atoms with Gasteiger partial charge in [0, 0.05) is 22.9 Å². The Bertz CT molecular complexity index is 471. The zero-order valence-electron chi connectivity index (χ0n) is 9.73. The largest absolute Gasteiger partial charge is 0.313 e. The zero-order valence-corrected chi connectivity index (χ0v) is 11.3. The van der Waals surface area contributed by atoms with Gasteiger partial charge in [-0.2, -0.15) is 0 Å². The summed E-state index contributed by atoms with van der Waals surface area (Å²) in [5, 5.41) is 3.34. The lowest BCUT2D eigenvalue weighted by Crippen LogP contribution is -2.18. The van der Waals surface area contributed by atoms with Crippen LogP contribution < -0.4 is 5.32 Å². The normalized spacial score (nSPS) is 12.4. The van der Waals surface area contributed by atoms with E-state index >= 15 is 0 Å². The minimum atomic E-state index is 0.326. The third kappa shape index (κ3) is 3.38. The first-order chi connectivity index (χ1) is 8.29. The molecule has 3 heteroatoms. The van der Waals surface area contributed by atoms with E-state index in [9.17, 15) is 0 Å². The molecule has 0 radical (unpaired) electrons. The highest BCUT2D eigenvalue weighted by Gasteiger charge is 2.09. The van der Waals surface area contributed by atoms with Crippen molar-refractivity contribution in [3.05, 3.63) is 64.4 Å². The Morgan fingerprint density at radius 3 is 2.65 bits per heavy atom. The maximum absolute atomic E-state index is 4.05. The Hall–Kier alpha value is -1.19. The average molecular weight is 291 g/mol. The second kappa shape index (κ2) is 5.94. The summed E-state index contributed by atoms with van der Waals surface area (Å²) in [5.74, 6) is 0. The van der Waals surface area contributed by atoms with Gasteiger partial charge in [0.15, 0.2) is 0 Å². The predicted molar refractivity (Wildman–Crippen MR) is 73.9 cm³/mol. The topological polar surface area (TPSA) is 24.9 Å². The molecule has 0 bridgehead atoms. The van der Waals surface area contributed by atoms with Crippen LogP contribution in [0.5, 0.6) is 0 Å². The number of hydrogen-bond donors (Lipinski definition) is 1. The van der Waals surface area contributed by atoms with Gasteiger partial charge in [0.2, 0.25) is 0 Å². The lowest BCUT2D eigenvalue weighted by atomic mass is 10.00. The third-order valence-electron chi connectivity index (χ3n) is 2.79. The monoisotopic (exact) mass is 290 g/mol. The third-order valence-corrected chi connectivity index (χ3v) is 3.28. The van der Waals surface area contributed by atoms with Crippen molar-refractivity contribution < 1.29 is 0 Å². The van der Waals surface area contributed by atoms with Crippen LogP contribution in [0.1, 0.15) is 17.2 Å². The van der Waals surface area contributed by atoms with Gasteiger partial charge in [-0.15, -0.1) is 0 Å². The molecule has 1 N–H and O–H groups in total. The van der Waals surface area contributed by atoms with E-state index in [0.29, 0.717) is 6.04 Å². The number of nitrogens with one attached hydrogen (secondary N) is 1. The van der Waals surface area contributed by atoms with Crippen LogP contribution in [-0.2, 0) is 6.42 Å². The SMILES string of the molecule is CNC(Cc1cccc(Br)c1)c1ccncc1. The van der Waals surface area contributed by atoms with Crippen LogP contribution in [0.3, 0.4) is 0 Å². The average Bonchev–Trinajstić information content (AvgIpc) is 2.37. The summed E-state index contributed by atoms with van der Waals surface area (Å²) in [7, 11) is 1.99. The number of hydrogen-bond acceptors (Lipinski definition) is 2. The van der Waals surface area contributed by atoms with Crippen LogP contribution in [0, 0.1) is 0 Å². The smallest absolute Gasteiger partial charge is 0.0359 e. The van der Waals surface area contributed by atoms with Crippen molar-refractivity contribution in [2.45, 2.75) is 12.5 Å². The van der Waals surface area contributed by atoms with E-state index in [1.165, 1.54) is 11.1 Å². The van der Waals surface area contributed by atoms with Gasteiger partial charge in [-0.25, -0.2) is 0 Å². The Kier molecular flexibility index (Phi) is 4.29. The molecule has 1 atom stereocenters. The minimum Gasteiger partial charge on any atom is -0.313 e. The summed E-state index contributed by atoms with van der Waals surface area (Å²) < 4.78 is 1.12. The fraction of sp³-hybridized carbons (Fsp3) is 0.214. The summed E-state index contributed by atoms with van der Waals surface area (Å²) in [4.78, 5) is 4.05. The summed E-state index contributed by atoms with van der Waals surface area (Å²) in [6, 6.07) is 12.9. The lowest BCUT2D eigenvalue weighted by molar-refractivity contribution is 0.591. The highest BCUT2D eigenvalue weighted by molar-refractivity contribution is 9.10. The van der Waals surface area contributed by atoms with Crippen LogP contribution in [-0.4, -0.2) is 12.0 Å². The first-order valence-electron chi connectivity index (χ1n) is 5.61. The second-order valence-corrected chi connectivity index (χ2v) is 4.87. The number of pyridine rings is 1. The van der Waals surface area contributed by atoms with Crippen molar-refractivity contribution >= 4 is 15.9 Å². The molecule has 0 saturated heterocycles. The van der Waals surface area contributed by atoms with Crippen LogP contribution in [0.4, 0.5) is 0 Å². The standard InChI is InChI=1S/C14H15BrN2/c1-16-14(12-5-7-17-8-6-12)10-11-3-2-4-13(15)9-11/h2-9,14,16H,10H2,1H3. The Morgan fingerprint density at radius 2 is 2.00 bits per heavy atom. The van der Waals surface area contributed by atoms with E-state index < -0.39 is 0 Å². The first-order valence-corrected chi connectivity index (χ1v) is 6.40. The summed E-state index contributed by atoms with van der Waals surface area (Å²) in [6.07, 6.45) is 4.64. The van der Waals surface area contributed by atoms with Gasteiger partial charge in [-0.1, -0.05) is 28.1 Å². The molecule has 0 spiro atoms. The maximum atomic E-state index is 4.05. The lowest BCUT2D eigenvalue weighted by Gasteiger charge is -2.16. The fourth-order valence-electron chi connectivity index (χ4n) is 1.88. The van der Waals surface area contributed by atoms with Crippen molar-refractivity contribution in [2.75, 3.05) is 7.05 Å². The summed E-state index contributed by atoms with van der Waals surface area (Å²) in [5.41, 5.74) is 2.58. The molecule has 2 nitrogen and oxygen atoms in total. The highest BCUT2D eigenvalue weighted by Crippen LogP contribution is 2.19. The molecule has 88 valence electrons. The van der Waals surface area contributed by atoms with Crippen molar-refractivity contribution in [2.24, 2.45) is 0 Å². The van der Waals surface area contributed by atoms with E-state index in [4.69, 9.17) is 0 Å². The van der Waals surface area contributed by atoms with Crippen molar-refractivity contribution in [1.29, 1.82) is 0 Å². The van der Waals surface area contributed by atoms with Gasteiger partial charge < -0.3 is 5.32 Å². The van der Waals surface area contributed by atoms with E-state index in [1.54, 1.807) is 0 Å². The van der Waals surface area contributed by atoms with Gasteiger partial charge in [0.25, 0.3) is 0 Å². The minimum absolute atomic E-state index is 0.326. The molecule has 0 aliphatic heterocycles. The summed E-state index contributed by atoms with van der Waals surface area (Å²) in [6.45, 7) is 0. The number of likely N-dealkylation sites (N-methyl/N-ethyl adjacent to an activating group) is 1. The Labute approximate surface area is 110 Å². The second-order valence-electron chi connectivity index (χ2n) is 3.96. The molecule has 1 aromatic heterocycles. The molecule has 0 aliphatic rings. The Balaban J connectivity index is 2.16. The first kappa shape index (κ1) is 12.3. The van der Waals surface area contributed by atoms with Crippen LogP contribution in [0.2, 0.25) is 0 Å². The molecule has 0 saturated carbocycles. The van der Waals surface area contributed by atoms with Crippen LogP contribution in [0.15, 0.2) is 53.3 Å². The van der Waals surface area contributed by atoms with Crippen LogP contribution in [0.25, 0.3) is 0 Å². The van der Waals surface area contributed by atoms with Crippen molar-refractivity contribution in [3.8, 4) is 0 Å². The van der Waals surface area contributed by atoms with Gasteiger partial charge >= 0.3 is 0 Å². The molecule has 0 aliphatic carbocycles.